The van der Waals surface area contributed by atoms with Crippen LogP contribution < -0.4 is 0 Å². The molecular weight excluding hydrogens is 304 g/mol. The minimum absolute atomic E-state index is 0.217. The standard InChI is InChI=1S/C17H16N6O/c1-17(2,3)15-10(7-18)13(11-8-19-21-16(11)20-15)9-5-4-6-12-14(9)23-24-22-12/h4-6,8,10,13H,1-3H3,(H,19,21). The van der Waals surface area contributed by atoms with E-state index < -0.39 is 5.92 Å². The van der Waals surface area contributed by atoms with E-state index in [9.17, 15) is 5.26 Å². The van der Waals surface area contributed by atoms with Crippen molar-refractivity contribution in [3.8, 4) is 6.07 Å². The normalized spacial score (nSPS) is 20.5. The average molecular weight is 320 g/mol. The van der Waals surface area contributed by atoms with Crippen molar-refractivity contribution in [1.29, 1.82) is 5.26 Å². The van der Waals surface area contributed by atoms with Crippen molar-refractivity contribution in [3.63, 3.8) is 0 Å². The fourth-order valence-corrected chi connectivity index (χ4v) is 3.33. The van der Waals surface area contributed by atoms with Crippen LogP contribution in [-0.2, 0) is 0 Å². The molecule has 0 saturated heterocycles. The predicted octanol–water partition coefficient (Wildman–Crippen LogP) is 3.35. The van der Waals surface area contributed by atoms with Crippen LogP contribution in [0.25, 0.3) is 11.0 Å². The number of benzene rings is 1. The van der Waals surface area contributed by atoms with Crippen molar-refractivity contribution in [1.82, 2.24) is 20.5 Å². The third-order valence-electron chi connectivity index (χ3n) is 4.40. The molecule has 0 bridgehead atoms. The van der Waals surface area contributed by atoms with Gasteiger partial charge < -0.3 is 0 Å². The first-order valence-electron chi connectivity index (χ1n) is 7.74. The summed E-state index contributed by atoms with van der Waals surface area (Å²) in [5.41, 5.74) is 3.74. The van der Waals surface area contributed by atoms with E-state index in [4.69, 9.17) is 4.63 Å². The molecule has 7 nitrogen and oxygen atoms in total. The van der Waals surface area contributed by atoms with E-state index >= 15 is 0 Å². The Labute approximate surface area is 138 Å². The summed E-state index contributed by atoms with van der Waals surface area (Å²) in [6, 6.07) is 8.15. The summed E-state index contributed by atoms with van der Waals surface area (Å²) in [7, 11) is 0. The number of H-pyrrole nitrogens is 1. The Kier molecular flexibility index (Phi) is 3.03. The number of nitrogens with one attached hydrogen (secondary N) is 1. The summed E-state index contributed by atoms with van der Waals surface area (Å²) in [6.45, 7) is 6.19. The Morgan fingerprint density at radius 1 is 1.21 bits per heavy atom. The Balaban J connectivity index is 1.99. The molecule has 1 aliphatic rings. The molecule has 7 heteroatoms. The van der Waals surface area contributed by atoms with E-state index in [2.05, 4.69) is 52.3 Å². The summed E-state index contributed by atoms with van der Waals surface area (Å²) in [5.74, 6) is 0.0772. The zero-order valence-electron chi connectivity index (χ0n) is 13.6. The van der Waals surface area contributed by atoms with Gasteiger partial charge in [-0.05, 0) is 21.9 Å². The fraction of sp³-hybridized carbons (Fsp3) is 0.353. The maximum Gasteiger partial charge on any atom is 0.151 e. The molecule has 1 aromatic carbocycles. The Morgan fingerprint density at radius 2 is 2.04 bits per heavy atom. The van der Waals surface area contributed by atoms with Crippen LogP contribution in [-0.4, -0.2) is 26.2 Å². The average Bonchev–Trinajstić information content (AvgIpc) is 3.20. The summed E-state index contributed by atoms with van der Waals surface area (Å²) in [4.78, 5) is 4.69. The van der Waals surface area contributed by atoms with Crippen LogP contribution >= 0.6 is 0 Å². The number of aliphatic imine (C=N–C) groups is 1. The van der Waals surface area contributed by atoms with Crippen LogP contribution in [0, 0.1) is 22.7 Å². The van der Waals surface area contributed by atoms with Gasteiger partial charge in [0.1, 0.15) is 11.0 Å². The fourth-order valence-electron chi connectivity index (χ4n) is 3.33. The molecule has 0 fully saturated rings. The zero-order valence-corrected chi connectivity index (χ0v) is 13.6. The van der Waals surface area contributed by atoms with Crippen LogP contribution in [0.15, 0.2) is 34.0 Å². The van der Waals surface area contributed by atoms with Gasteiger partial charge in [0.15, 0.2) is 5.82 Å². The molecule has 4 rings (SSSR count). The number of fused-ring (bicyclic) bond motifs is 2. The van der Waals surface area contributed by atoms with Gasteiger partial charge in [0.2, 0.25) is 0 Å². The maximum absolute atomic E-state index is 9.92. The molecule has 0 radical (unpaired) electrons. The molecule has 0 aliphatic carbocycles. The van der Waals surface area contributed by atoms with Crippen molar-refractivity contribution in [3.05, 3.63) is 35.5 Å². The summed E-state index contributed by atoms with van der Waals surface area (Å²) >= 11 is 0. The quantitative estimate of drug-likeness (QED) is 0.740. The smallest absolute Gasteiger partial charge is 0.151 e. The molecule has 2 aromatic heterocycles. The van der Waals surface area contributed by atoms with Crippen molar-refractivity contribution < 1.29 is 4.63 Å². The van der Waals surface area contributed by atoms with Gasteiger partial charge >= 0.3 is 0 Å². The number of hydrogen-bond donors (Lipinski definition) is 1. The van der Waals surface area contributed by atoms with Crippen LogP contribution in [0.2, 0.25) is 0 Å². The number of hydrogen-bond acceptors (Lipinski definition) is 6. The molecule has 3 heterocycles. The van der Waals surface area contributed by atoms with Gasteiger partial charge in [-0.3, -0.25) is 5.10 Å². The number of nitrogens with zero attached hydrogens (tertiary/aromatic N) is 5. The second kappa shape index (κ2) is 4.99. The molecular formula is C17H16N6O. The highest BCUT2D eigenvalue weighted by Crippen LogP contribution is 2.45. The molecule has 2 atom stereocenters. The summed E-state index contributed by atoms with van der Waals surface area (Å²) < 4.78 is 4.89. The maximum atomic E-state index is 9.92. The number of aromatic amines is 1. The molecule has 3 aromatic rings. The minimum atomic E-state index is -0.405. The third kappa shape index (κ3) is 2.03. The Hall–Kier alpha value is -3.01. The first kappa shape index (κ1) is 14.6. The molecule has 24 heavy (non-hydrogen) atoms. The lowest BCUT2D eigenvalue weighted by molar-refractivity contribution is 0.315. The molecule has 0 amide bonds. The molecule has 0 spiro atoms. The highest BCUT2D eigenvalue weighted by Gasteiger charge is 2.41. The lowest BCUT2D eigenvalue weighted by Crippen LogP contribution is -2.34. The lowest BCUT2D eigenvalue weighted by atomic mass is 9.71. The van der Waals surface area contributed by atoms with Gasteiger partial charge in [0.05, 0.1) is 18.2 Å². The highest BCUT2D eigenvalue weighted by molar-refractivity contribution is 5.98. The van der Waals surface area contributed by atoms with Gasteiger partial charge in [-0.15, -0.1) is 0 Å². The highest BCUT2D eigenvalue weighted by atomic mass is 16.6. The van der Waals surface area contributed by atoms with E-state index in [1.807, 2.05) is 18.2 Å². The molecule has 0 saturated carbocycles. The van der Waals surface area contributed by atoms with Gasteiger partial charge in [0.25, 0.3) is 0 Å². The van der Waals surface area contributed by atoms with Crippen molar-refractivity contribution in [2.45, 2.75) is 26.7 Å². The summed E-state index contributed by atoms with van der Waals surface area (Å²) in [5, 5.41) is 24.9. The van der Waals surface area contributed by atoms with Gasteiger partial charge in [-0.1, -0.05) is 32.9 Å². The van der Waals surface area contributed by atoms with Gasteiger partial charge in [0, 0.05) is 22.6 Å². The Bertz CT molecular complexity index is 984. The summed E-state index contributed by atoms with van der Waals surface area (Å²) in [6.07, 6.45) is 1.74. The monoisotopic (exact) mass is 320 g/mol. The SMILES string of the molecule is CC(C)(C)C1=Nc2[nH]ncc2C(c2cccc3nonc23)C1C#N. The lowest BCUT2D eigenvalue weighted by Gasteiger charge is -2.33. The minimum Gasteiger partial charge on any atom is -0.261 e. The van der Waals surface area contributed by atoms with Crippen molar-refractivity contribution in [2.75, 3.05) is 0 Å². The van der Waals surface area contributed by atoms with E-state index in [0.717, 1.165) is 16.8 Å². The van der Waals surface area contributed by atoms with E-state index in [1.54, 1.807) is 6.20 Å². The molecule has 1 N–H and O–H groups in total. The van der Waals surface area contributed by atoms with Gasteiger partial charge in [-0.25, -0.2) is 9.62 Å². The van der Waals surface area contributed by atoms with Crippen LogP contribution in [0.5, 0.6) is 0 Å². The number of aromatic nitrogens is 4. The van der Waals surface area contributed by atoms with Crippen molar-refractivity contribution in [2.24, 2.45) is 16.3 Å². The first-order chi connectivity index (χ1) is 11.5. The first-order valence-corrected chi connectivity index (χ1v) is 7.74. The molecule has 120 valence electrons. The number of nitriles is 1. The predicted molar refractivity (Wildman–Crippen MR) is 87.9 cm³/mol. The zero-order chi connectivity index (χ0) is 16.9. The van der Waals surface area contributed by atoms with Crippen LogP contribution in [0.3, 0.4) is 0 Å². The second-order valence-electron chi connectivity index (χ2n) is 6.98. The van der Waals surface area contributed by atoms with Gasteiger partial charge in [-0.2, -0.15) is 10.4 Å². The van der Waals surface area contributed by atoms with Crippen molar-refractivity contribution >= 4 is 22.6 Å². The topological polar surface area (TPSA) is 104 Å². The van der Waals surface area contributed by atoms with E-state index in [1.165, 1.54) is 0 Å². The molecule has 2 unspecified atom stereocenters. The number of rotatable bonds is 1. The van der Waals surface area contributed by atoms with Crippen LogP contribution in [0.4, 0.5) is 5.82 Å². The molecule has 1 aliphatic heterocycles. The second-order valence-corrected chi connectivity index (χ2v) is 6.98. The largest absolute Gasteiger partial charge is 0.261 e. The van der Waals surface area contributed by atoms with E-state index in [0.29, 0.717) is 16.9 Å². The van der Waals surface area contributed by atoms with E-state index in [-0.39, 0.29) is 11.3 Å². The Morgan fingerprint density at radius 3 is 2.79 bits per heavy atom. The van der Waals surface area contributed by atoms with Crippen LogP contribution in [0.1, 0.15) is 37.8 Å². The third-order valence-corrected chi connectivity index (χ3v) is 4.40.